The van der Waals surface area contributed by atoms with Crippen molar-refractivity contribution in [3.8, 4) is 5.75 Å². The van der Waals surface area contributed by atoms with Gasteiger partial charge in [-0.05, 0) is 32.9 Å². The summed E-state index contributed by atoms with van der Waals surface area (Å²) in [7, 11) is 0. The lowest BCUT2D eigenvalue weighted by Crippen LogP contribution is -2.03. The molecule has 1 aromatic carbocycles. The molecule has 0 aliphatic heterocycles. The maximum Gasteiger partial charge on any atom is 0.142 e. The molecule has 2 aromatic rings. The van der Waals surface area contributed by atoms with E-state index in [9.17, 15) is 0 Å². The van der Waals surface area contributed by atoms with E-state index in [4.69, 9.17) is 16.3 Å². The third-order valence-electron chi connectivity index (χ3n) is 2.64. The molecular formula is C14H16ClN3O. The fraction of sp³-hybridized carbons (Fsp3) is 0.286. The maximum atomic E-state index is 6.06. The number of nitrogens with zero attached hydrogens (tertiary/aromatic N) is 2. The highest BCUT2D eigenvalue weighted by atomic mass is 35.5. The normalized spacial score (nSPS) is 10.3. The molecule has 0 spiro atoms. The summed E-state index contributed by atoms with van der Waals surface area (Å²) in [4.78, 5) is 8.49. The van der Waals surface area contributed by atoms with Crippen LogP contribution in [-0.4, -0.2) is 16.6 Å². The number of para-hydroxylation sites is 2. The van der Waals surface area contributed by atoms with Gasteiger partial charge in [0.15, 0.2) is 0 Å². The molecule has 1 N–H and O–H groups in total. The second-order valence-electron chi connectivity index (χ2n) is 4.09. The minimum absolute atomic E-state index is 0.462. The first-order valence-corrected chi connectivity index (χ1v) is 6.49. The van der Waals surface area contributed by atoms with Crippen molar-refractivity contribution in [1.82, 2.24) is 9.97 Å². The van der Waals surface area contributed by atoms with E-state index in [1.54, 1.807) is 0 Å². The Kier molecular flexibility index (Phi) is 4.22. The van der Waals surface area contributed by atoms with E-state index < -0.39 is 0 Å². The summed E-state index contributed by atoms with van der Waals surface area (Å²) < 4.78 is 5.57. The van der Waals surface area contributed by atoms with E-state index in [-0.39, 0.29) is 0 Å². The van der Waals surface area contributed by atoms with Crippen LogP contribution in [0.1, 0.15) is 18.3 Å². The van der Waals surface area contributed by atoms with Crippen LogP contribution in [0.2, 0.25) is 5.15 Å². The number of aromatic nitrogens is 2. The average Bonchev–Trinajstić information content (AvgIpc) is 2.38. The zero-order valence-electron chi connectivity index (χ0n) is 11.2. The molecule has 0 aliphatic carbocycles. The summed E-state index contributed by atoms with van der Waals surface area (Å²) in [6.45, 7) is 6.26. The van der Waals surface area contributed by atoms with E-state index in [2.05, 4.69) is 15.3 Å². The van der Waals surface area contributed by atoms with Gasteiger partial charge in [-0.1, -0.05) is 23.7 Å². The van der Waals surface area contributed by atoms with Gasteiger partial charge < -0.3 is 10.1 Å². The van der Waals surface area contributed by atoms with E-state index in [1.807, 2.05) is 45.0 Å². The minimum Gasteiger partial charge on any atom is -0.492 e. The lowest BCUT2D eigenvalue weighted by molar-refractivity contribution is 0.342. The lowest BCUT2D eigenvalue weighted by Gasteiger charge is -2.13. The molecule has 1 aromatic heterocycles. The molecule has 0 bridgehead atoms. The number of halogens is 1. The molecule has 4 nitrogen and oxygen atoms in total. The van der Waals surface area contributed by atoms with Gasteiger partial charge in [0.1, 0.15) is 22.5 Å². The zero-order valence-corrected chi connectivity index (χ0v) is 12.0. The predicted molar refractivity (Wildman–Crippen MR) is 77.4 cm³/mol. The number of hydrogen-bond donors (Lipinski definition) is 1. The van der Waals surface area contributed by atoms with Crippen molar-refractivity contribution in [2.75, 3.05) is 11.9 Å². The summed E-state index contributed by atoms with van der Waals surface area (Å²) in [5.74, 6) is 2.12. The van der Waals surface area contributed by atoms with E-state index in [1.165, 1.54) is 0 Å². The molecule has 5 heteroatoms. The Bertz CT molecular complexity index is 587. The number of benzene rings is 1. The largest absolute Gasteiger partial charge is 0.492 e. The first-order chi connectivity index (χ1) is 9.11. The number of nitrogens with one attached hydrogen (secondary N) is 1. The summed E-state index contributed by atoms with van der Waals surface area (Å²) in [6.07, 6.45) is 0. The quantitative estimate of drug-likeness (QED) is 0.861. The predicted octanol–water partition coefficient (Wildman–Crippen LogP) is 3.89. The van der Waals surface area contributed by atoms with Crippen LogP contribution in [-0.2, 0) is 0 Å². The first kappa shape index (κ1) is 13.6. The molecule has 1 heterocycles. The summed E-state index contributed by atoms with van der Waals surface area (Å²) >= 11 is 6.06. The minimum atomic E-state index is 0.462. The molecule has 19 heavy (non-hydrogen) atoms. The van der Waals surface area contributed by atoms with Gasteiger partial charge in [-0.2, -0.15) is 0 Å². The van der Waals surface area contributed by atoms with Crippen molar-refractivity contribution < 1.29 is 4.74 Å². The number of anilines is 2. The second kappa shape index (κ2) is 5.89. The molecule has 0 amide bonds. The van der Waals surface area contributed by atoms with Crippen molar-refractivity contribution in [1.29, 1.82) is 0 Å². The highest BCUT2D eigenvalue weighted by Crippen LogP contribution is 2.29. The Morgan fingerprint density at radius 2 is 1.95 bits per heavy atom. The van der Waals surface area contributed by atoms with Gasteiger partial charge in [0.05, 0.1) is 12.3 Å². The first-order valence-electron chi connectivity index (χ1n) is 6.11. The van der Waals surface area contributed by atoms with Gasteiger partial charge >= 0.3 is 0 Å². The Labute approximate surface area is 117 Å². The molecule has 2 rings (SSSR count). The summed E-state index contributed by atoms with van der Waals surface area (Å²) in [5, 5.41) is 3.71. The highest BCUT2D eigenvalue weighted by Gasteiger charge is 2.10. The third-order valence-corrected chi connectivity index (χ3v) is 3.01. The van der Waals surface area contributed by atoms with Crippen LogP contribution in [0, 0.1) is 13.8 Å². The monoisotopic (exact) mass is 277 g/mol. The number of ether oxygens (including phenoxy) is 1. The van der Waals surface area contributed by atoms with Crippen molar-refractivity contribution in [2.24, 2.45) is 0 Å². The van der Waals surface area contributed by atoms with Gasteiger partial charge in [0.25, 0.3) is 0 Å². The van der Waals surface area contributed by atoms with Crippen LogP contribution in [0.5, 0.6) is 5.75 Å². The van der Waals surface area contributed by atoms with Crippen molar-refractivity contribution in [3.05, 3.63) is 40.8 Å². The number of aryl methyl sites for hydroxylation is 1. The SMILES string of the molecule is CCOc1ccccc1Nc1nc(C)nc(Cl)c1C. The van der Waals surface area contributed by atoms with Gasteiger partial charge in [-0.15, -0.1) is 0 Å². The molecule has 0 unspecified atom stereocenters. The molecule has 0 radical (unpaired) electrons. The molecule has 0 saturated heterocycles. The number of hydrogen-bond acceptors (Lipinski definition) is 4. The Balaban J connectivity index is 2.36. The maximum absolute atomic E-state index is 6.06. The van der Waals surface area contributed by atoms with E-state index in [0.717, 1.165) is 17.0 Å². The lowest BCUT2D eigenvalue weighted by atomic mass is 10.2. The number of rotatable bonds is 4. The summed E-state index contributed by atoms with van der Waals surface area (Å²) in [5.41, 5.74) is 1.68. The van der Waals surface area contributed by atoms with Gasteiger partial charge in [0.2, 0.25) is 0 Å². The molecule has 0 saturated carbocycles. The van der Waals surface area contributed by atoms with Gasteiger partial charge in [0, 0.05) is 5.56 Å². The van der Waals surface area contributed by atoms with Crippen LogP contribution in [0.3, 0.4) is 0 Å². The van der Waals surface area contributed by atoms with Crippen LogP contribution >= 0.6 is 11.6 Å². The smallest absolute Gasteiger partial charge is 0.142 e. The van der Waals surface area contributed by atoms with E-state index in [0.29, 0.717) is 23.4 Å². The fourth-order valence-corrected chi connectivity index (χ4v) is 1.91. The molecule has 100 valence electrons. The molecule has 0 fully saturated rings. The molecule has 0 aliphatic rings. The highest BCUT2D eigenvalue weighted by molar-refractivity contribution is 6.30. The third kappa shape index (κ3) is 3.15. The van der Waals surface area contributed by atoms with Gasteiger partial charge in [-0.3, -0.25) is 0 Å². The van der Waals surface area contributed by atoms with Crippen LogP contribution in [0.25, 0.3) is 0 Å². The van der Waals surface area contributed by atoms with Crippen molar-refractivity contribution in [3.63, 3.8) is 0 Å². The van der Waals surface area contributed by atoms with Crippen LogP contribution < -0.4 is 10.1 Å². The van der Waals surface area contributed by atoms with Crippen molar-refractivity contribution >= 4 is 23.1 Å². The Morgan fingerprint density at radius 3 is 2.68 bits per heavy atom. The Morgan fingerprint density at radius 1 is 1.21 bits per heavy atom. The summed E-state index contributed by atoms with van der Waals surface area (Å²) in [6, 6.07) is 7.73. The van der Waals surface area contributed by atoms with Crippen LogP contribution in [0.4, 0.5) is 11.5 Å². The Hall–Kier alpha value is -1.81. The topological polar surface area (TPSA) is 47.0 Å². The average molecular weight is 278 g/mol. The molecule has 0 atom stereocenters. The fourth-order valence-electron chi connectivity index (χ4n) is 1.69. The molecular weight excluding hydrogens is 262 g/mol. The van der Waals surface area contributed by atoms with Crippen molar-refractivity contribution in [2.45, 2.75) is 20.8 Å². The van der Waals surface area contributed by atoms with Gasteiger partial charge in [-0.25, -0.2) is 9.97 Å². The second-order valence-corrected chi connectivity index (χ2v) is 4.45. The van der Waals surface area contributed by atoms with Crippen LogP contribution in [0.15, 0.2) is 24.3 Å². The standard InChI is InChI=1S/C14H16ClN3O/c1-4-19-12-8-6-5-7-11(12)18-14-9(2)13(15)16-10(3)17-14/h5-8H,4H2,1-3H3,(H,16,17,18). The van der Waals surface area contributed by atoms with E-state index >= 15 is 0 Å². The zero-order chi connectivity index (χ0) is 13.8.